The number of ether oxygens (including phenoxy) is 1. The van der Waals surface area contributed by atoms with Crippen LogP contribution in [0.3, 0.4) is 0 Å². The van der Waals surface area contributed by atoms with Crippen molar-refractivity contribution in [3.05, 3.63) is 11.6 Å². The van der Waals surface area contributed by atoms with Crippen LogP contribution in [-0.4, -0.2) is 18.0 Å². The third-order valence-electron chi connectivity index (χ3n) is 8.38. The van der Waals surface area contributed by atoms with Crippen molar-refractivity contribution in [3.8, 4) is 12.3 Å². The maximum absolute atomic E-state index is 11.9. The smallest absolute Gasteiger partial charge is 0.155 e. The molecule has 0 aromatic rings. The molecule has 0 aromatic heterocycles. The van der Waals surface area contributed by atoms with Crippen molar-refractivity contribution >= 4 is 5.78 Å². The molecule has 0 aromatic carbocycles. The first-order valence-corrected chi connectivity index (χ1v) is 10.3. The van der Waals surface area contributed by atoms with Gasteiger partial charge in [0.25, 0.3) is 0 Å². The minimum absolute atomic E-state index is 0.110. The molecule has 25 heavy (non-hydrogen) atoms. The van der Waals surface area contributed by atoms with E-state index in [1.165, 1.54) is 24.8 Å². The molecule has 4 aliphatic rings. The Kier molecular flexibility index (Phi) is 4.15. The highest BCUT2D eigenvalue weighted by Crippen LogP contribution is 2.66. The summed E-state index contributed by atoms with van der Waals surface area (Å²) >= 11 is 0. The average Bonchev–Trinajstić information content (AvgIpc) is 2.88. The van der Waals surface area contributed by atoms with Crippen LogP contribution < -0.4 is 0 Å². The van der Waals surface area contributed by atoms with Crippen LogP contribution in [0.2, 0.25) is 0 Å². The summed E-state index contributed by atoms with van der Waals surface area (Å²) in [5.41, 5.74) is 1.20. The number of hydrogen-bond donors (Lipinski definition) is 0. The summed E-state index contributed by atoms with van der Waals surface area (Å²) in [7, 11) is 0. The van der Waals surface area contributed by atoms with Gasteiger partial charge in [-0.1, -0.05) is 25.3 Å². The lowest BCUT2D eigenvalue weighted by Crippen LogP contribution is -2.54. The van der Waals surface area contributed by atoms with Crippen LogP contribution in [0, 0.1) is 47.3 Å². The largest absolute Gasteiger partial charge is 0.362 e. The van der Waals surface area contributed by atoms with Gasteiger partial charge in [0.2, 0.25) is 0 Å². The van der Waals surface area contributed by atoms with Crippen molar-refractivity contribution in [1.82, 2.24) is 0 Å². The summed E-state index contributed by atoms with van der Waals surface area (Å²) < 4.78 is 6.26. The van der Waals surface area contributed by atoms with E-state index in [-0.39, 0.29) is 11.0 Å². The van der Waals surface area contributed by atoms with Crippen LogP contribution in [0.4, 0.5) is 0 Å². The van der Waals surface area contributed by atoms with Gasteiger partial charge in [-0.3, -0.25) is 4.79 Å². The van der Waals surface area contributed by atoms with Crippen molar-refractivity contribution in [3.63, 3.8) is 0 Å². The molecule has 0 heterocycles. The Hall–Kier alpha value is -1.07. The highest BCUT2D eigenvalue weighted by molar-refractivity contribution is 5.91. The Balaban J connectivity index is 1.68. The molecule has 0 radical (unpaired) electrons. The second-order valence-corrected chi connectivity index (χ2v) is 9.26. The number of carbonyl (C=O) groups is 1. The number of hydrogen-bond acceptors (Lipinski definition) is 2. The van der Waals surface area contributed by atoms with Crippen molar-refractivity contribution in [1.29, 1.82) is 0 Å². The number of fused-ring (bicyclic) bond motifs is 5. The van der Waals surface area contributed by atoms with E-state index < -0.39 is 0 Å². The van der Waals surface area contributed by atoms with Crippen molar-refractivity contribution < 1.29 is 9.53 Å². The fourth-order valence-corrected chi connectivity index (χ4v) is 7.35. The van der Waals surface area contributed by atoms with Crippen molar-refractivity contribution in [2.24, 2.45) is 35.0 Å². The lowest BCUT2D eigenvalue weighted by atomic mass is 9.48. The quantitative estimate of drug-likeness (QED) is 0.676. The van der Waals surface area contributed by atoms with Gasteiger partial charge in [-0.25, -0.2) is 0 Å². The number of ketones is 1. The molecule has 3 fully saturated rings. The molecule has 7 atom stereocenters. The lowest BCUT2D eigenvalue weighted by Gasteiger charge is -2.57. The van der Waals surface area contributed by atoms with E-state index in [1.54, 1.807) is 0 Å². The summed E-state index contributed by atoms with van der Waals surface area (Å²) in [6.07, 6.45) is 15.6. The Morgan fingerprint density at radius 3 is 2.84 bits per heavy atom. The highest BCUT2D eigenvalue weighted by atomic mass is 16.5. The highest BCUT2D eigenvalue weighted by Gasteiger charge is 2.64. The molecule has 0 aliphatic heterocycles. The van der Waals surface area contributed by atoms with E-state index in [2.05, 4.69) is 26.7 Å². The topological polar surface area (TPSA) is 26.3 Å². The van der Waals surface area contributed by atoms with Gasteiger partial charge in [-0.2, -0.15) is 0 Å². The van der Waals surface area contributed by atoms with E-state index in [9.17, 15) is 4.79 Å². The zero-order valence-corrected chi connectivity index (χ0v) is 16.0. The molecule has 0 N–H and O–H groups in total. The van der Waals surface area contributed by atoms with Crippen LogP contribution in [0.15, 0.2) is 11.6 Å². The molecule has 0 amide bonds. The van der Waals surface area contributed by atoms with E-state index in [1.807, 2.05) is 6.08 Å². The van der Waals surface area contributed by atoms with Gasteiger partial charge in [0.15, 0.2) is 5.78 Å². The molecule has 5 unspecified atom stereocenters. The fourth-order valence-electron chi connectivity index (χ4n) is 7.35. The maximum Gasteiger partial charge on any atom is 0.155 e. The second kappa shape index (κ2) is 5.98. The van der Waals surface area contributed by atoms with Gasteiger partial charge >= 0.3 is 0 Å². The third kappa shape index (κ3) is 2.31. The first kappa shape index (κ1) is 17.3. The molecular formula is C23H32O2. The summed E-state index contributed by atoms with van der Waals surface area (Å²) in [4.78, 5) is 11.9. The molecule has 4 aliphatic carbocycles. The van der Waals surface area contributed by atoms with Crippen LogP contribution in [0.5, 0.6) is 0 Å². The Bertz CT molecular complexity index is 641. The van der Waals surface area contributed by atoms with E-state index in [0.717, 1.165) is 37.5 Å². The molecule has 0 bridgehead atoms. The Morgan fingerprint density at radius 1 is 1.32 bits per heavy atom. The molecular weight excluding hydrogens is 308 g/mol. The van der Waals surface area contributed by atoms with Gasteiger partial charge in [0.05, 0.1) is 0 Å². The summed E-state index contributed by atoms with van der Waals surface area (Å²) in [5.74, 6) is 6.92. The zero-order chi connectivity index (χ0) is 17.8. The first-order valence-electron chi connectivity index (χ1n) is 10.3. The molecule has 0 spiro atoms. The van der Waals surface area contributed by atoms with Crippen LogP contribution >= 0.6 is 0 Å². The standard InChI is InChI=1S/C23H32O2/c1-5-23(25-6-2)12-10-20-21-15(3)13-16-14-17(24)7-8-18(16)19(21)9-11-22(20,23)4/h1,14-15,18-21H,6-13H2,2-4H3/t15?,18?,19?,20?,21?,22-,23-/m0/s1. The number of terminal acetylenes is 1. The lowest BCUT2D eigenvalue weighted by molar-refractivity contribution is -0.127. The van der Waals surface area contributed by atoms with Crippen LogP contribution in [0.25, 0.3) is 0 Å². The zero-order valence-electron chi connectivity index (χ0n) is 16.0. The fraction of sp³-hybridized carbons (Fsp3) is 0.783. The van der Waals surface area contributed by atoms with Gasteiger partial charge in [0, 0.05) is 18.4 Å². The molecule has 2 nitrogen and oxygen atoms in total. The average molecular weight is 341 g/mol. The third-order valence-corrected chi connectivity index (χ3v) is 8.38. The predicted molar refractivity (Wildman–Crippen MR) is 99.8 cm³/mol. The van der Waals surface area contributed by atoms with Crippen LogP contribution in [-0.2, 0) is 9.53 Å². The molecule has 136 valence electrons. The monoisotopic (exact) mass is 340 g/mol. The maximum atomic E-state index is 11.9. The van der Waals surface area contributed by atoms with Gasteiger partial charge in [-0.15, -0.1) is 6.42 Å². The minimum Gasteiger partial charge on any atom is -0.362 e. The van der Waals surface area contributed by atoms with Gasteiger partial charge < -0.3 is 4.74 Å². The molecule has 3 saturated carbocycles. The van der Waals surface area contributed by atoms with E-state index >= 15 is 0 Å². The Labute approximate surface area is 152 Å². The van der Waals surface area contributed by atoms with Gasteiger partial charge in [-0.05, 0) is 81.1 Å². The second-order valence-electron chi connectivity index (χ2n) is 9.26. The minimum atomic E-state index is -0.365. The Morgan fingerprint density at radius 2 is 2.12 bits per heavy atom. The first-order chi connectivity index (χ1) is 12.0. The predicted octanol–water partition coefficient (Wildman–Crippen LogP) is 4.78. The number of allylic oxidation sites excluding steroid dienone is 1. The van der Waals surface area contributed by atoms with Crippen molar-refractivity contribution in [2.75, 3.05) is 6.61 Å². The van der Waals surface area contributed by atoms with E-state index in [4.69, 9.17) is 11.2 Å². The van der Waals surface area contributed by atoms with Gasteiger partial charge in [0.1, 0.15) is 5.60 Å². The van der Waals surface area contributed by atoms with Crippen LogP contribution in [0.1, 0.15) is 65.7 Å². The normalized spacial score (nSPS) is 48.8. The summed E-state index contributed by atoms with van der Waals surface area (Å²) in [6.45, 7) is 7.60. The molecule has 0 saturated heterocycles. The SMILES string of the molecule is C#C[C@]1(OCC)CCC2C3C(C)CC4=CC(=O)CCC4C3CC[C@@]21C. The summed E-state index contributed by atoms with van der Waals surface area (Å²) in [5, 5.41) is 0. The molecule has 4 rings (SSSR count). The number of rotatable bonds is 2. The molecule has 2 heteroatoms. The summed E-state index contributed by atoms with van der Waals surface area (Å²) in [6, 6.07) is 0. The number of carbonyl (C=O) groups excluding carboxylic acids is 1. The van der Waals surface area contributed by atoms with Crippen molar-refractivity contribution in [2.45, 2.75) is 71.3 Å². The van der Waals surface area contributed by atoms with E-state index in [0.29, 0.717) is 30.1 Å².